The third-order valence-electron chi connectivity index (χ3n) is 3.66. The summed E-state index contributed by atoms with van der Waals surface area (Å²) in [6.45, 7) is 2.59. The molecule has 1 amide bonds. The van der Waals surface area contributed by atoms with Crippen molar-refractivity contribution in [3.8, 4) is 5.88 Å². The molecule has 1 aliphatic rings. The van der Waals surface area contributed by atoms with Crippen LogP contribution in [0.3, 0.4) is 0 Å². The Kier molecular flexibility index (Phi) is 4.95. The molecule has 0 unspecified atom stereocenters. The zero-order valence-electron chi connectivity index (χ0n) is 11.9. The summed E-state index contributed by atoms with van der Waals surface area (Å²) in [4.78, 5) is 16.2. The van der Waals surface area contributed by atoms with Crippen molar-refractivity contribution in [2.75, 3.05) is 13.2 Å². The summed E-state index contributed by atoms with van der Waals surface area (Å²) >= 11 is 0. The first-order valence-electron chi connectivity index (χ1n) is 7.23. The van der Waals surface area contributed by atoms with Crippen molar-refractivity contribution in [1.82, 2.24) is 10.3 Å². The van der Waals surface area contributed by atoms with E-state index in [1.54, 1.807) is 18.3 Å². The van der Waals surface area contributed by atoms with Crippen LogP contribution in [0, 0.1) is 0 Å². The van der Waals surface area contributed by atoms with Gasteiger partial charge in [-0.25, -0.2) is 4.98 Å². The number of hydrogen-bond acceptors (Lipinski definition) is 4. The Balaban J connectivity index is 1.98. The fourth-order valence-electron chi connectivity index (χ4n) is 2.54. The number of nitrogens with one attached hydrogen (secondary N) is 1. The van der Waals surface area contributed by atoms with Crippen LogP contribution in [0.25, 0.3) is 0 Å². The van der Waals surface area contributed by atoms with Gasteiger partial charge in [0, 0.05) is 12.7 Å². The normalized spacial score (nSPS) is 17.5. The van der Waals surface area contributed by atoms with Gasteiger partial charge >= 0.3 is 0 Å². The first-order chi connectivity index (χ1) is 9.64. The van der Waals surface area contributed by atoms with Gasteiger partial charge in [0.25, 0.3) is 5.91 Å². The van der Waals surface area contributed by atoms with Gasteiger partial charge in [-0.3, -0.25) is 4.79 Å². The number of pyridine rings is 1. The number of ether oxygens (including phenoxy) is 1. The maximum absolute atomic E-state index is 12.2. The van der Waals surface area contributed by atoms with Gasteiger partial charge in [-0.05, 0) is 31.9 Å². The summed E-state index contributed by atoms with van der Waals surface area (Å²) in [5.74, 6) is 0.0867. The lowest BCUT2D eigenvalue weighted by atomic mass is 9.85. The highest BCUT2D eigenvalue weighted by Gasteiger charge is 2.29. The van der Waals surface area contributed by atoms with Gasteiger partial charge in [0.15, 0.2) is 0 Å². The van der Waals surface area contributed by atoms with Gasteiger partial charge in [-0.1, -0.05) is 19.3 Å². The first kappa shape index (κ1) is 14.8. The average molecular weight is 278 g/mol. The van der Waals surface area contributed by atoms with Crippen molar-refractivity contribution in [2.45, 2.75) is 44.6 Å². The van der Waals surface area contributed by atoms with Crippen molar-refractivity contribution in [3.63, 3.8) is 0 Å². The van der Waals surface area contributed by atoms with E-state index in [9.17, 15) is 9.90 Å². The Bertz CT molecular complexity index is 456. The monoisotopic (exact) mass is 278 g/mol. The standard InChI is InChI=1S/C15H22N2O3/c1-2-20-14-12(7-6-10-16-14)13(18)17-11-15(19)8-4-3-5-9-15/h6-7,10,19H,2-5,8-9,11H2,1H3,(H,17,18). The van der Waals surface area contributed by atoms with E-state index in [1.807, 2.05) is 6.92 Å². The minimum absolute atomic E-state index is 0.249. The minimum atomic E-state index is -0.762. The second kappa shape index (κ2) is 6.70. The van der Waals surface area contributed by atoms with Crippen LogP contribution in [0.5, 0.6) is 5.88 Å². The van der Waals surface area contributed by atoms with E-state index in [-0.39, 0.29) is 12.5 Å². The summed E-state index contributed by atoms with van der Waals surface area (Å²) in [5.41, 5.74) is -0.351. The second-order valence-electron chi connectivity index (χ2n) is 5.26. The number of hydrogen-bond donors (Lipinski definition) is 2. The number of carbonyl (C=O) groups is 1. The maximum Gasteiger partial charge on any atom is 0.256 e. The summed E-state index contributed by atoms with van der Waals surface area (Å²) in [5, 5.41) is 13.2. The van der Waals surface area contributed by atoms with Crippen LogP contribution >= 0.6 is 0 Å². The van der Waals surface area contributed by atoms with E-state index in [0.29, 0.717) is 18.1 Å². The van der Waals surface area contributed by atoms with Gasteiger partial charge in [0.1, 0.15) is 5.56 Å². The van der Waals surface area contributed by atoms with E-state index in [1.165, 1.54) is 0 Å². The molecule has 1 saturated carbocycles. The first-order valence-corrected chi connectivity index (χ1v) is 7.23. The Labute approximate surface area is 119 Å². The number of amides is 1. The molecule has 5 heteroatoms. The van der Waals surface area contributed by atoms with Crippen LogP contribution in [0.2, 0.25) is 0 Å². The van der Waals surface area contributed by atoms with Crippen LogP contribution in [0.15, 0.2) is 18.3 Å². The van der Waals surface area contributed by atoms with Crippen LogP contribution in [0.1, 0.15) is 49.4 Å². The molecule has 1 aromatic rings. The molecule has 0 bridgehead atoms. The molecule has 5 nitrogen and oxygen atoms in total. The Morgan fingerprint density at radius 3 is 2.90 bits per heavy atom. The number of aliphatic hydroxyl groups is 1. The van der Waals surface area contributed by atoms with Gasteiger partial charge < -0.3 is 15.2 Å². The Hall–Kier alpha value is -1.62. The lowest BCUT2D eigenvalue weighted by Crippen LogP contribution is -2.44. The van der Waals surface area contributed by atoms with E-state index in [4.69, 9.17) is 4.74 Å². The van der Waals surface area contributed by atoms with E-state index >= 15 is 0 Å². The molecule has 2 rings (SSSR count). The third-order valence-corrected chi connectivity index (χ3v) is 3.66. The van der Waals surface area contributed by atoms with Crippen molar-refractivity contribution < 1.29 is 14.6 Å². The molecule has 2 N–H and O–H groups in total. The van der Waals surface area contributed by atoms with Gasteiger partial charge in [-0.15, -0.1) is 0 Å². The molecule has 1 aromatic heterocycles. The number of aromatic nitrogens is 1. The predicted molar refractivity (Wildman–Crippen MR) is 75.8 cm³/mol. The molecule has 0 aliphatic heterocycles. The highest BCUT2D eigenvalue weighted by atomic mass is 16.5. The third kappa shape index (κ3) is 3.70. The highest BCUT2D eigenvalue weighted by Crippen LogP contribution is 2.27. The molecule has 0 spiro atoms. The smallest absolute Gasteiger partial charge is 0.256 e. The van der Waals surface area contributed by atoms with Gasteiger partial charge in [0.2, 0.25) is 5.88 Å². The summed E-state index contributed by atoms with van der Waals surface area (Å²) in [6, 6.07) is 3.38. The zero-order valence-corrected chi connectivity index (χ0v) is 11.9. The largest absolute Gasteiger partial charge is 0.477 e. The lowest BCUT2D eigenvalue weighted by molar-refractivity contribution is 0.00521. The minimum Gasteiger partial charge on any atom is -0.477 e. The number of rotatable bonds is 5. The molecule has 20 heavy (non-hydrogen) atoms. The molecule has 1 fully saturated rings. The maximum atomic E-state index is 12.2. The van der Waals surface area contributed by atoms with Crippen molar-refractivity contribution in [3.05, 3.63) is 23.9 Å². The molecular formula is C15H22N2O3. The average Bonchev–Trinajstić information content (AvgIpc) is 2.47. The van der Waals surface area contributed by atoms with Gasteiger partial charge in [-0.2, -0.15) is 0 Å². The van der Waals surface area contributed by atoms with E-state index < -0.39 is 5.60 Å². The van der Waals surface area contributed by atoms with E-state index in [0.717, 1.165) is 32.1 Å². The van der Waals surface area contributed by atoms with E-state index in [2.05, 4.69) is 10.3 Å². The van der Waals surface area contributed by atoms with Crippen molar-refractivity contribution in [1.29, 1.82) is 0 Å². The highest BCUT2D eigenvalue weighted by molar-refractivity contribution is 5.96. The fraction of sp³-hybridized carbons (Fsp3) is 0.600. The molecule has 0 radical (unpaired) electrons. The zero-order chi connectivity index (χ0) is 14.4. The molecular weight excluding hydrogens is 256 g/mol. The van der Waals surface area contributed by atoms with Crippen LogP contribution < -0.4 is 10.1 Å². The molecule has 1 aliphatic carbocycles. The molecule has 0 aromatic carbocycles. The second-order valence-corrected chi connectivity index (χ2v) is 5.26. The SMILES string of the molecule is CCOc1ncccc1C(=O)NCC1(O)CCCCC1. The topological polar surface area (TPSA) is 71.5 Å². The van der Waals surface area contributed by atoms with Crippen LogP contribution in [-0.2, 0) is 0 Å². The quantitative estimate of drug-likeness (QED) is 0.863. The number of carbonyl (C=O) groups excluding carboxylic acids is 1. The predicted octanol–water partition coefficient (Wildman–Crippen LogP) is 1.91. The van der Waals surface area contributed by atoms with Crippen molar-refractivity contribution >= 4 is 5.91 Å². The number of nitrogens with zero attached hydrogens (tertiary/aromatic N) is 1. The summed E-state index contributed by atoms with van der Waals surface area (Å²) in [7, 11) is 0. The fourth-order valence-corrected chi connectivity index (χ4v) is 2.54. The molecule has 0 atom stereocenters. The summed E-state index contributed by atoms with van der Waals surface area (Å²) < 4.78 is 5.34. The van der Waals surface area contributed by atoms with Gasteiger partial charge in [0.05, 0.1) is 12.2 Å². The Morgan fingerprint density at radius 2 is 2.20 bits per heavy atom. The molecule has 110 valence electrons. The summed E-state index contributed by atoms with van der Waals surface area (Å²) in [6.07, 6.45) is 6.29. The molecule has 1 heterocycles. The van der Waals surface area contributed by atoms with Crippen molar-refractivity contribution in [2.24, 2.45) is 0 Å². The lowest BCUT2D eigenvalue weighted by Gasteiger charge is -2.32. The van der Waals surface area contributed by atoms with Crippen LogP contribution in [0.4, 0.5) is 0 Å². The Morgan fingerprint density at radius 1 is 1.45 bits per heavy atom. The molecule has 0 saturated heterocycles. The van der Waals surface area contributed by atoms with Crippen LogP contribution in [-0.4, -0.2) is 34.8 Å².